The summed E-state index contributed by atoms with van der Waals surface area (Å²) < 4.78 is 0. The number of nitrogens with zero attached hydrogens (tertiary/aromatic N) is 1. The van der Waals surface area contributed by atoms with Gasteiger partial charge in [-0.25, -0.2) is 0 Å². The molecule has 9 rings (SSSR count). The Morgan fingerprint density at radius 1 is 0.340 bits per heavy atom. The molecule has 0 spiro atoms. The maximum absolute atomic E-state index is 2.38. The Morgan fingerprint density at radius 3 is 1.51 bits per heavy atom. The summed E-state index contributed by atoms with van der Waals surface area (Å²) >= 11 is 0. The number of hydrogen-bond donors (Lipinski definition) is 0. The second-order valence-corrected chi connectivity index (χ2v) is 13.6. The van der Waals surface area contributed by atoms with Crippen molar-refractivity contribution in [1.82, 2.24) is 0 Å². The van der Waals surface area contributed by atoms with Gasteiger partial charge in [0.25, 0.3) is 0 Å². The molecule has 1 aliphatic rings. The van der Waals surface area contributed by atoms with E-state index in [2.05, 4.69) is 217 Å². The average molecular weight is 678 g/mol. The van der Waals surface area contributed by atoms with Crippen LogP contribution in [0.25, 0.3) is 60.9 Å². The predicted octanol–water partition coefficient (Wildman–Crippen LogP) is 14.7. The van der Waals surface area contributed by atoms with Crippen molar-refractivity contribution < 1.29 is 0 Å². The molecule has 1 nitrogen and oxygen atoms in total. The average Bonchev–Trinajstić information content (AvgIpc) is 3.25. The minimum Gasteiger partial charge on any atom is -0.310 e. The fourth-order valence-electron chi connectivity index (χ4n) is 7.59. The standard InChI is InChI=1S/C52H39N/c1-4-13-38(14-5-1)40-23-25-41(26-24-40)43-29-33-47(34-30-43)53(46-31-27-42(28-32-46)39-15-6-2-7-16-39)48-35-36-51(52(37-48)45-17-8-3-9-18-45)50-22-12-20-44-19-10-11-21-49(44)50/h2-4,6-37H,1,5H2. The second kappa shape index (κ2) is 14.5. The van der Waals surface area contributed by atoms with Gasteiger partial charge in [-0.1, -0.05) is 176 Å². The van der Waals surface area contributed by atoms with Gasteiger partial charge in [0.05, 0.1) is 0 Å². The highest BCUT2D eigenvalue weighted by Crippen LogP contribution is 2.43. The molecule has 0 amide bonds. The number of hydrogen-bond acceptors (Lipinski definition) is 1. The fraction of sp³-hybridized carbons (Fsp3) is 0.0385. The predicted molar refractivity (Wildman–Crippen MR) is 227 cm³/mol. The lowest BCUT2D eigenvalue weighted by Gasteiger charge is -2.27. The monoisotopic (exact) mass is 677 g/mol. The molecular weight excluding hydrogens is 639 g/mol. The largest absolute Gasteiger partial charge is 0.310 e. The van der Waals surface area contributed by atoms with Crippen LogP contribution < -0.4 is 4.90 Å². The Morgan fingerprint density at radius 2 is 0.868 bits per heavy atom. The van der Waals surface area contributed by atoms with Crippen LogP contribution >= 0.6 is 0 Å². The van der Waals surface area contributed by atoms with Crippen molar-refractivity contribution in [3.8, 4) is 44.5 Å². The molecule has 0 radical (unpaired) electrons. The summed E-state index contributed by atoms with van der Waals surface area (Å²) in [6.07, 6.45) is 9.08. The molecule has 1 aliphatic carbocycles. The lowest BCUT2D eigenvalue weighted by molar-refractivity contribution is 1.04. The zero-order valence-corrected chi connectivity index (χ0v) is 29.6. The molecule has 0 bridgehead atoms. The maximum Gasteiger partial charge on any atom is 0.0468 e. The van der Waals surface area contributed by atoms with Crippen LogP contribution in [0.2, 0.25) is 0 Å². The highest BCUT2D eigenvalue weighted by Gasteiger charge is 2.18. The normalized spacial score (nSPS) is 12.4. The Kier molecular flexibility index (Phi) is 8.82. The van der Waals surface area contributed by atoms with Crippen molar-refractivity contribution in [3.05, 3.63) is 218 Å². The van der Waals surface area contributed by atoms with E-state index < -0.39 is 0 Å². The van der Waals surface area contributed by atoms with Crippen LogP contribution in [0.1, 0.15) is 18.4 Å². The Bertz CT molecular complexity index is 2550. The third-order valence-electron chi connectivity index (χ3n) is 10.3. The van der Waals surface area contributed by atoms with Crippen molar-refractivity contribution in [2.75, 3.05) is 4.90 Å². The van der Waals surface area contributed by atoms with Gasteiger partial charge in [-0.2, -0.15) is 0 Å². The number of rotatable bonds is 8. The Balaban J connectivity index is 1.15. The lowest BCUT2D eigenvalue weighted by Crippen LogP contribution is -2.10. The molecule has 0 heterocycles. The molecule has 0 N–H and O–H groups in total. The smallest absolute Gasteiger partial charge is 0.0468 e. The van der Waals surface area contributed by atoms with Crippen LogP contribution in [0, 0.1) is 0 Å². The first kappa shape index (κ1) is 32.2. The van der Waals surface area contributed by atoms with E-state index in [4.69, 9.17) is 0 Å². The fourth-order valence-corrected chi connectivity index (χ4v) is 7.59. The van der Waals surface area contributed by atoms with Crippen LogP contribution in [-0.2, 0) is 0 Å². The van der Waals surface area contributed by atoms with Crippen LogP contribution in [0.4, 0.5) is 17.1 Å². The summed E-state index contributed by atoms with van der Waals surface area (Å²) in [5.41, 5.74) is 15.6. The van der Waals surface area contributed by atoms with E-state index in [-0.39, 0.29) is 0 Å². The first-order valence-electron chi connectivity index (χ1n) is 18.5. The molecule has 0 saturated heterocycles. The van der Waals surface area contributed by atoms with E-state index in [1.54, 1.807) is 0 Å². The van der Waals surface area contributed by atoms with Crippen LogP contribution in [0.15, 0.2) is 212 Å². The number of benzene rings is 8. The van der Waals surface area contributed by atoms with Crippen molar-refractivity contribution in [2.24, 2.45) is 0 Å². The van der Waals surface area contributed by atoms with Gasteiger partial charge < -0.3 is 4.90 Å². The molecule has 0 aromatic heterocycles. The molecule has 0 unspecified atom stereocenters. The molecule has 1 heteroatoms. The third-order valence-corrected chi connectivity index (χ3v) is 10.3. The summed E-state index contributed by atoms with van der Waals surface area (Å²) in [4.78, 5) is 2.38. The molecule has 8 aromatic rings. The first-order valence-corrected chi connectivity index (χ1v) is 18.5. The molecule has 0 saturated carbocycles. The topological polar surface area (TPSA) is 3.24 Å². The van der Waals surface area contributed by atoms with Crippen LogP contribution in [0.5, 0.6) is 0 Å². The van der Waals surface area contributed by atoms with E-state index in [9.17, 15) is 0 Å². The molecule has 53 heavy (non-hydrogen) atoms. The summed E-state index contributed by atoms with van der Waals surface area (Å²) in [6.45, 7) is 0. The van der Waals surface area contributed by atoms with Crippen LogP contribution in [-0.4, -0.2) is 0 Å². The Labute approximate surface area is 312 Å². The molecule has 0 fully saturated rings. The number of fused-ring (bicyclic) bond motifs is 1. The summed E-state index contributed by atoms with van der Waals surface area (Å²) in [5, 5.41) is 2.50. The van der Waals surface area contributed by atoms with Gasteiger partial charge in [0.1, 0.15) is 0 Å². The molecule has 0 atom stereocenters. The van der Waals surface area contributed by atoms with Crippen molar-refractivity contribution in [2.45, 2.75) is 12.8 Å². The van der Waals surface area contributed by atoms with Gasteiger partial charge in [0.2, 0.25) is 0 Å². The third kappa shape index (κ3) is 6.62. The SMILES string of the molecule is C1=CC(c2ccc(-c3ccc(N(c4ccc(-c5ccccc5)cc4)c4ccc(-c5cccc6ccccc56)c(-c5ccccc5)c4)cc3)cc2)=CCC1. The molecular formula is C52H39N. The summed E-state index contributed by atoms with van der Waals surface area (Å²) in [6, 6.07) is 70.5. The lowest BCUT2D eigenvalue weighted by atomic mass is 9.90. The number of allylic oxidation sites excluding steroid dienone is 4. The van der Waals surface area contributed by atoms with E-state index in [0.717, 1.165) is 29.9 Å². The highest BCUT2D eigenvalue weighted by atomic mass is 15.1. The van der Waals surface area contributed by atoms with Gasteiger partial charge in [-0.3, -0.25) is 0 Å². The second-order valence-electron chi connectivity index (χ2n) is 13.6. The first-order chi connectivity index (χ1) is 26.3. The summed E-state index contributed by atoms with van der Waals surface area (Å²) in [5.74, 6) is 0. The molecule has 252 valence electrons. The van der Waals surface area contributed by atoms with Crippen LogP contribution in [0.3, 0.4) is 0 Å². The van der Waals surface area contributed by atoms with Crippen molar-refractivity contribution in [1.29, 1.82) is 0 Å². The minimum absolute atomic E-state index is 1.10. The van der Waals surface area contributed by atoms with Gasteiger partial charge in [-0.05, 0) is 116 Å². The van der Waals surface area contributed by atoms with E-state index in [1.165, 1.54) is 66.4 Å². The quantitative estimate of drug-likeness (QED) is 0.155. The van der Waals surface area contributed by atoms with Gasteiger partial charge >= 0.3 is 0 Å². The van der Waals surface area contributed by atoms with E-state index in [1.807, 2.05) is 0 Å². The van der Waals surface area contributed by atoms with Gasteiger partial charge in [0, 0.05) is 17.1 Å². The Hall–Kier alpha value is -6.70. The summed E-state index contributed by atoms with van der Waals surface area (Å²) in [7, 11) is 0. The van der Waals surface area contributed by atoms with E-state index >= 15 is 0 Å². The van der Waals surface area contributed by atoms with Gasteiger partial charge in [-0.15, -0.1) is 0 Å². The maximum atomic E-state index is 2.38. The van der Waals surface area contributed by atoms with Crippen molar-refractivity contribution >= 4 is 33.4 Å². The zero-order chi connectivity index (χ0) is 35.4. The highest BCUT2D eigenvalue weighted by molar-refractivity contribution is 6.01. The van der Waals surface area contributed by atoms with Crippen molar-refractivity contribution in [3.63, 3.8) is 0 Å². The number of anilines is 3. The minimum atomic E-state index is 1.10. The van der Waals surface area contributed by atoms with Gasteiger partial charge in [0.15, 0.2) is 0 Å². The zero-order valence-electron chi connectivity index (χ0n) is 29.6. The molecule has 0 aliphatic heterocycles. The molecule has 8 aromatic carbocycles. The van der Waals surface area contributed by atoms with E-state index in [0.29, 0.717) is 0 Å².